The van der Waals surface area contributed by atoms with Crippen LogP contribution in [0.4, 0.5) is 24.0 Å². The molecule has 144 valence electrons. The van der Waals surface area contributed by atoms with E-state index in [-0.39, 0.29) is 11.4 Å². The number of anilines is 2. The number of carbonyl (C=O) groups excluding carboxylic acids is 2. The molecule has 1 aromatic carbocycles. The Morgan fingerprint density at radius 3 is 2.78 bits per heavy atom. The van der Waals surface area contributed by atoms with Gasteiger partial charge in [0.1, 0.15) is 0 Å². The van der Waals surface area contributed by atoms with Gasteiger partial charge in [0.25, 0.3) is 5.91 Å². The molecule has 0 radical (unpaired) electrons. The third kappa shape index (κ3) is 5.97. The van der Waals surface area contributed by atoms with Crippen molar-refractivity contribution in [2.45, 2.75) is 6.18 Å². The van der Waals surface area contributed by atoms with Gasteiger partial charge in [-0.25, -0.2) is 9.78 Å². The van der Waals surface area contributed by atoms with E-state index in [1.807, 2.05) is 0 Å². The molecular formula is C16H13ClF3N3O3S. The molecule has 0 saturated carbocycles. The number of halogens is 4. The molecule has 0 unspecified atom stereocenters. The molecule has 2 N–H and O–H groups in total. The smallest absolute Gasteiger partial charge is 0.417 e. The number of aromatic nitrogens is 1. The van der Waals surface area contributed by atoms with Crippen molar-refractivity contribution >= 4 is 45.6 Å². The molecule has 0 aliphatic heterocycles. The minimum Gasteiger partial charge on any atom is -0.451 e. The zero-order valence-corrected chi connectivity index (χ0v) is 15.2. The molecule has 6 nitrogen and oxygen atoms in total. The van der Waals surface area contributed by atoms with E-state index in [4.69, 9.17) is 16.3 Å². The number of benzene rings is 1. The lowest BCUT2D eigenvalue weighted by Gasteiger charge is -2.11. The SMILES string of the molecule is C=CCNc1nc(C(=O)OCC(=O)Nc2ccc(Cl)c(C(F)(F)F)c2)cs1. The average Bonchev–Trinajstić information content (AvgIpc) is 3.07. The van der Waals surface area contributed by atoms with Crippen LogP contribution in [-0.2, 0) is 15.7 Å². The van der Waals surface area contributed by atoms with Crippen molar-refractivity contribution < 1.29 is 27.5 Å². The molecule has 0 aliphatic rings. The van der Waals surface area contributed by atoms with Gasteiger partial charge in [-0.1, -0.05) is 17.7 Å². The van der Waals surface area contributed by atoms with Crippen LogP contribution in [0.15, 0.2) is 36.2 Å². The minimum atomic E-state index is -4.66. The number of hydrogen-bond donors (Lipinski definition) is 2. The summed E-state index contributed by atoms with van der Waals surface area (Å²) >= 11 is 6.67. The second-order valence-corrected chi connectivity index (χ2v) is 6.29. The van der Waals surface area contributed by atoms with E-state index in [1.54, 1.807) is 6.08 Å². The quantitative estimate of drug-likeness (QED) is 0.519. The van der Waals surface area contributed by atoms with Crippen molar-refractivity contribution in [1.82, 2.24) is 4.98 Å². The summed E-state index contributed by atoms with van der Waals surface area (Å²) in [6, 6.07) is 2.91. The van der Waals surface area contributed by atoms with Crippen LogP contribution in [-0.4, -0.2) is 30.0 Å². The maximum Gasteiger partial charge on any atom is 0.417 e. The fourth-order valence-electron chi connectivity index (χ4n) is 1.83. The normalized spacial score (nSPS) is 11.0. The molecule has 1 aromatic heterocycles. The first-order valence-electron chi connectivity index (χ1n) is 7.34. The van der Waals surface area contributed by atoms with Crippen LogP contribution in [0.3, 0.4) is 0 Å². The monoisotopic (exact) mass is 419 g/mol. The van der Waals surface area contributed by atoms with Crippen LogP contribution in [0.2, 0.25) is 5.02 Å². The van der Waals surface area contributed by atoms with E-state index in [0.717, 1.165) is 6.07 Å². The molecule has 11 heteroatoms. The molecule has 2 aromatic rings. The third-order valence-corrected chi connectivity index (χ3v) is 4.13. The molecule has 27 heavy (non-hydrogen) atoms. The molecule has 1 amide bonds. The summed E-state index contributed by atoms with van der Waals surface area (Å²) in [6.45, 7) is 3.31. The summed E-state index contributed by atoms with van der Waals surface area (Å²) in [4.78, 5) is 27.6. The van der Waals surface area contributed by atoms with Crippen molar-refractivity contribution in [2.24, 2.45) is 0 Å². The Balaban J connectivity index is 1.91. The fraction of sp³-hybridized carbons (Fsp3) is 0.188. The Kier molecular flexibility index (Phi) is 6.81. The van der Waals surface area contributed by atoms with E-state index < -0.39 is 35.2 Å². The van der Waals surface area contributed by atoms with Gasteiger partial charge in [0.2, 0.25) is 0 Å². The lowest BCUT2D eigenvalue weighted by atomic mass is 10.2. The standard InChI is InChI=1S/C16H13ClF3N3O3S/c1-2-5-21-15-23-12(8-27-15)14(25)26-7-13(24)22-9-3-4-11(17)10(6-9)16(18,19)20/h2-4,6,8H,1,5,7H2,(H,21,23)(H,22,24). The number of carbonyl (C=O) groups is 2. The Labute approximate surface area is 161 Å². The Morgan fingerprint density at radius 2 is 2.11 bits per heavy atom. The number of nitrogens with zero attached hydrogens (tertiary/aromatic N) is 1. The number of ether oxygens (including phenoxy) is 1. The predicted molar refractivity (Wildman–Crippen MR) is 96.2 cm³/mol. The van der Waals surface area contributed by atoms with Crippen LogP contribution >= 0.6 is 22.9 Å². The van der Waals surface area contributed by atoms with E-state index in [0.29, 0.717) is 17.7 Å². The summed E-state index contributed by atoms with van der Waals surface area (Å²) in [5.74, 6) is -1.64. The van der Waals surface area contributed by atoms with Crippen molar-refractivity contribution in [3.05, 3.63) is 52.5 Å². The number of esters is 1. The first-order chi connectivity index (χ1) is 12.7. The van der Waals surface area contributed by atoms with Gasteiger partial charge in [-0.05, 0) is 18.2 Å². The van der Waals surface area contributed by atoms with Gasteiger partial charge in [-0.2, -0.15) is 13.2 Å². The van der Waals surface area contributed by atoms with Crippen molar-refractivity contribution in [2.75, 3.05) is 23.8 Å². The fourth-order valence-corrected chi connectivity index (χ4v) is 2.75. The number of hydrogen-bond acceptors (Lipinski definition) is 6. The molecular weight excluding hydrogens is 407 g/mol. The molecule has 1 heterocycles. The van der Waals surface area contributed by atoms with Gasteiger partial charge in [-0.3, -0.25) is 4.79 Å². The number of amides is 1. The first kappa shape index (κ1) is 20.7. The molecule has 2 rings (SSSR count). The van der Waals surface area contributed by atoms with E-state index in [2.05, 4.69) is 22.2 Å². The second-order valence-electron chi connectivity index (χ2n) is 5.02. The van der Waals surface area contributed by atoms with Gasteiger partial charge in [0.05, 0.1) is 10.6 Å². The lowest BCUT2D eigenvalue weighted by molar-refractivity contribution is -0.137. The molecule has 0 spiro atoms. The van der Waals surface area contributed by atoms with Crippen LogP contribution in [0.5, 0.6) is 0 Å². The van der Waals surface area contributed by atoms with Crippen LogP contribution in [0.25, 0.3) is 0 Å². The minimum absolute atomic E-state index is 0.00483. The zero-order valence-electron chi connectivity index (χ0n) is 13.6. The number of nitrogens with one attached hydrogen (secondary N) is 2. The third-order valence-electron chi connectivity index (χ3n) is 3.00. The van der Waals surface area contributed by atoms with Gasteiger partial charge < -0.3 is 15.4 Å². The Hall–Kier alpha value is -2.59. The summed E-state index contributed by atoms with van der Waals surface area (Å²) < 4.78 is 43.2. The van der Waals surface area contributed by atoms with Crippen LogP contribution < -0.4 is 10.6 Å². The van der Waals surface area contributed by atoms with Crippen molar-refractivity contribution in [3.8, 4) is 0 Å². The van der Waals surface area contributed by atoms with Crippen molar-refractivity contribution in [3.63, 3.8) is 0 Å². The van der Waals surface area contributed by atoms with Crippen LogP contribution in [0, 0.1) is 0 Å². The predicted octanol–water partition coefficient (Wildman–Crippen LogP) is 4.21. The topological polar surface area (TPSA) is 80.3 Å². The summed E-state index contributed by atoms with van der Waals surface area (Å²) in [5, 5.41) is 6.53. The average molecular weight is 420 g/mol. The molecule has 0 aliphatic carbocycles. The maximum atomic E-state index is 12.8. The van der Waals surface area contributed by atoms with Gasteiger partial charge in [-0.15, -0.1) is 17.9 Å². The van der Waals surface area contributed by atoms with Gasteiger partial charge in [0.15, 0.2) is 17.4 Å². The highest BCUT2D eigenvalue weighted by Gasteiger charge is 2.33. The highest BCUT2D eigenvalue weighted by atomic mass is 35.5. The van der Waals surface area contributed by atoms with E-state index >= 15 is 0 Å². The highest BCUT2D eigenvalue weighted by Crippen LogP contribution is 2.36. The summed E-state index contributed by atoms with van der Waals surface area (Å²) in [5.41, 5.74) is -1.21. The van der Waals surface area contributed by atoms with Gasteiger partial charge >= 0.3 is 12.1 Å². The molecule has 0 atom stereocenters. The molecule has 0 saturated heterocycles. The highest BCUT2D eigenvalue weighted by molar-refractivity contribution is 7.13. The number of thiazole rings is 1. The summed E-state index contributed by atoms with van der Waals surface area (Å²) in [7, 11) is 0. The Bertz CT molecular complexity index is 855. The Morgan fingerprint density at radius 1 is 1.37 bits per heavy atom. The second kappa shape index (κ2) is 8.87. The lowest BCUT2D eigenvalue weighted by Crippen LogP contribution is -2.21. The van der Waals surface area contributed by atoms with Crippen LogP contribution in [0.1, 0.15) is 16.1 Å². The number of rotatable bonds is 7. The molecule has 0 fully saturated rings. The number of alkyl halides is 3. The van der Waals surface area contributed by atoms with E-state index in [9.17, 15) is 22.8 Å². The van der Waals surface area contributed by atoms with E-state index in [1.165, 1.54) is 22.8 Å². The van der Waals surface area contributed by atoms with Gasteiger partial charge in [0, 0.05) is 17.6 Å². The first-order valence-corrected chi connectivity index (χ1v) is 8.60. The molecule has 0 bridgehead atoms. The zero-order chi connectivity index (χ0) is 20.0. The largest absolute Gasteiger partial charge is 0.451 e. The summed E-state index contributed by atoms with van der Waals surface area (Å²) in [6.07, 6.45) is -3.04. The van der Waals surface area contributed by atoms with Crippen molar-refractivity contribution in [1.29, 1.82) is 0 Å². The maximum absolute atomic E-state index is 12.8.